The number of sulfonamides is 1. The van der Waals surface area contributed by atoms with E-state index in [1.165, 1.54) is 6.07 Å². The lowest BCUT2D eigenvalue weighted by Gasteiger charge is -2.37. The fourth-order valence-electron chi connectivity index (χ4n) is 4.39. The molecule has 0 aromatic carbocycles. The van der Waals surface area contributed by atoms with Crippen LogP contribution >= 0.6 is 0 Å². The van der Waals surface area contributed by atoms with Gasteiger partial charge in [-0.3, -0.25) is 0 Å². The maximum atomic E-state index is 12.4. The molecule has 27 heavy (non-hydrogen) atoms. The maximum absolute atomic E-state index is 12.4. The Labute approximate surface area is 159 Å². The van der Waals surface area contributed by atoms with Gasteiger partial charge in [0.1, 0.15) is 0 Å². The molecule has 1 aliphatic heterocycles. The molecule has 3 aliphatic rings. The van der Waals surface area contributed by atoms with Crippen LogP contribution in [-0.4, -0.2) is 57.8 Å². The Balaban J connectivity index is 1.36. The Kier molecular flexibility index (Phi) is 5.21. The van der Waals surface area contributed by atoms with E-state index in [0.717, 1.165) is 51.4 Å². The minimum absolute atomic E-state index is 0.112. The van der Waals surface area contributed by atoms with E-state index in [0.29, 0.717) is 13.1 Å². The molecule has 0 radical (unpaired) electrons. The second-order valence-corrected chi connectivity index (χ2v) is 10.2. The molecule has 0 amide bonds. The number of rotatable bonds is 6. The van der Waals surface area contributed by atoms with Crippen LogP contribution < -0.4 is 5.32 Å². The van der Waals surface area contributed by atoms with Crippen molar-refractivity contribution in [3.8, 4) is 0 Å². The highest BCUT2D eigenvalue weighted by atomic mass is 32.2. The van der Waals surface area contributed by atoms with E-state index in [1.54, 1.807) is 15.2 Å². The molecule has 1 aromatic heterocycles. The average molecular weight is 398 g/mol. The monoisotopic (exact) mass is 397 g/mol. The highest BCUT2D eigenvalue weighted by Gasteiger charge is 2.41. The first-order chi connectivity index (χ1) is 12.9. The van der Waals surface area contributed by atoms with Crippen LogP contribution in [0.15, 0.2) is 12.3 Å². The molecule has 2 aliphatic carbocycles. The summed E-state index contributed by atoms with van der Waals surface area (Å²) in [6, 6.07) is 2.06. The van der Waals surface area contributed by atoms with Crippen LogP contribution in [0.4, 0.5) is 5.82 Å². The topological polar surface area (TPSA) is 110 Å². The number of nitrogens with zero attached hydrogens (tertiary/aromatic N) is 4. The van der Waals surface area contributed by atoms with E-state index in [9.17, 15) is 18.5 Å². The third kappa shape index (κ3) is 4.02. The van der Waals surface area contributed by atoms with Gasteiger partial charge in [-0.2, -0.15) is 4.68 Å². The van der Waals surface area contributed by atoms with Gasteiger partial charge in [-0.1, -0.05) is 12.8 Å². The molecule has 1 aromatic rings. The largest absolute Gasteiger partial charge is 0.389 e. The average Bonchev–Trinajstić information content (AvgIpc) is 3.41. The molecular weight excluding hydrogens is 370 g/mol. The maximum Gasteiger partial charge on any atom is 0.389 e. The van der Waals surface area contributed by atoms with Gasteiger partial charge in [-0.15, -0.1) is 0 Å². The lowest BCUT2D eigenvalue weighted by Crippen LogP contribution is -2.51. The van der Waals surface area contributed by atoms with Gasteiger partial charge in [0.2, 0.25) is 10.0 Å². The summed E-state index contributed by atoms with van der Waals surface area (Å²) in [5.74, 6) is -0.113. The summed E-state index contributed by atoms with van der Waals surface area (Å²) in [6.45, 7) is 1.17. The Morgan fingerprint density at radius 2 is 1.81 bits per heavy atom. The molecule has 0 unspecified atom stereocenters. The van der Waals surface area contributed by atoms with Crippen LogP contribution in [-0.2, 0) is 10.0 Å². The van der Waals surface area contributed by atoms with Gasteiger partial charge in [-0.25, -0.2) is 12.7 Å². The minimum atomic E-state index is -3.08. The third-order valence-corrected chi connectivity index (χ3v) is 8.46. The summed E-state index contributed by atoms with van der Waals surface area (Å²) in [5.41, 5.74) is 0. The number of aromatic nitrogens is 2. The Morgan fingerprint density at radius 3 is 2.44 bits per heavy atom. The first kappa shape index (κ1) is 18.8. The van der Waals surface area contributed by atoms with Crippen molar-refractivity contribution in [3.63, 3.8) is 0 Å². The zero-order valence-electron chi connectivity index (χ0n) is 15.4. The fourth-order valence-corrected chi connectivity index (χ4v) is 6.26. The summed E-state index contributed by atoms with van der Waals surface area (Å²) in [6.07, 6.45) is 9.13. The summed E-state index contributed by atoms with van der Waals surface area (Å²) in [7, 11) is -3.08. The van der Waals surface area contributed by atoms with Crippen LogP contribution in [0, 0.1) is 10.1 Å². The van der Waals surface area contributed by atoms with Crippen molar-refractivity contribution in [2.45, 2.75) is 74.7 Å². The van der Waals surface area contributed by atoms with Crippen molar-refractivity contribution in [3.05, 3.63) is 22.4 Å². The van der Waals surface area contributed by atoms with Crippen molar-refractivity contribution in [2.75, 3.05) is 13.1 Å². The molecule has 4 rings (SSSR count). The molecule has 2 saturated carbocycles. The van der Waals surface area contributed by atoms with Gasteiger partial charge in [0.05, 0.1) is 28.7 Å². The van der Waals surface area contributed by atoms with E-state index >= 15 is 0 Å². The normalized spacial score (nSPS) is 28.3. The fraction of sp³-hybridized carbons (Fsp3) is 0.824. The predicted octanol–water partition coefficient (Wildman–Crippen LogP) is 1.82. The molecule has 1 N–H and O–H groups in total. The van der Waals surface area contributed by atoms with E-state index in [-0.39, 0.29) is 29.2 Å². The Morgan fingerprint density at radius 1 is 1.11 bits per heavy atom. The smallest absolute Gasteiger partial charge is 0.358 e. The molecule has 150 valence electrons. The van der Waals surface area contributed by atoms with E-state index in [4.69, 9.17) is 0 Å². The highest BCUT2D eigenvalue weighted by molar-refractivity contribution is 7.90. The zero-order valence-corrected chi connectivity index (χ0v) is 16.2. The lowest BCUT2D eigenvalue weighted by atomic mass is 9.89. The summed E-state index contributed by atoms with van der Waals surface area (Å²) >= 11 is 0. The summed E-state index contributed by atoms with van der Waals surface area (Å²) in [4.78, 5) is 10.5. The standard InChI is InChI=1S/C17H27N5O4S/c23-22(24)17-9-12-21(19-17)16-4-2-1-3-15(16)18-13-7-10-20(11-8-13)27(25,26)14-5-6-14/h9,12-16,18H,1-8,10-11H2/t15-,16-/m0/s1. The van der Waals surface area contributed by atoms with Gasteiger partial charge in [0.25, 0.3) is 0 Å². The van der Waals surface area contributed by atoms with Gasteiger partial charge >= 0.3 is 5.82 Å². The first-order valence-corrected chi connectivity index (χ1v) is 11.4. The number of nitro groups is 1. The van der Waals surface area contributed by atoms with Gasteiger partial charge in [0.15, 0.2) is 0 Å². The molecule has 2 heterocycles. The van der Waals surface area contributed by atoms with E-state index in [2.05, 4.69) is 10.4 Å². The number of piperidine rings is 1. The molecule has 2 atom stereocenters. The molecule has 0 spiro atoms. The predicted molar refractivity (Wildman–Crippen MR) is 99.8 cm³/mol. The van der Waals surface area contributed by atoms with Crippen molar-refractivity contribution >= 4 is 15.8 Å². The van der Waals surface area contributed by atoms with E-state index in [1.807, 2.05) is 0 Å². The van der Waals surface area contributed by atoms with Crippen LogP contribution in [0.1, 0.15) is 57.4 Å². The Hall–Kier alpha value is -1.52. The molecule has 0 bridgehead atoms. The molecule has 3 fully saturated rings. The van der Waals surface area contributed by atoms with Crippen LogP contribution in [0.2, 0.25) is 0 Å². The number of hydrogen-bond donors (Lipinski definition) is 1. The van der Waals surface area contributed by atoms with Gasteiger partial charge < -0.3 is 15.4 Å². The molecule has 1 saturated heterocycles. The van der Waals surface area contributed by atoms with E-state index < -0.39 is 14.9 Å². The Bertz CT molecular complexity index is 783. The number of hydrogen-bond acceptors (Lipinski definition) is 6. The molecule has 10 heteroatoms. The quantitative estimate of drug-likeness (QED) is 0.579. The summed E-state index contributed by atoms with van der Waals surface area (Å²) in [5, 5.41) is 18.6. The lowest BCUT2D eigenvalue weighted by molar-refractivity contribution is -0.389. The second-order valence-electron chi connectivity index (χ2n) is 7.95. The number of nitrogens with one attached hydrogen (secondary N) is 1. The third-order valence-electron chi connectivity index (χ3n) is 6.06. The molecular formula is C17H27N5O4S. The van der Waals surface area contributed by atoms with Gasteiger partial charge in [-0.05, 0) is 43.4 Å². The first-order valence-electron chi connectivity index (χ1n) is 9.90. The summed E-state index contributed by atoms with van der Waals surface area (Å²) < 4.78 is 28.2. The van der Waals surface area contributed by atoms with Crippen molar-refractivity contribution in [1.29, 1.82) is 0 Å². The van der Waals surface area contributed by atoms with Crippen LogP contribution in [0.5, 0.6) is 0 Å². The zero-order chi connectivity index (χ0) is 19.0. The van der Waals surface area contributed by atoms with Crippen LogP contribution in [0.3, 0.4) is 0 Å². The van der Waals surface area contributed by atoms with Crippen LogP contribution in [0.25, 0.3) is 0 Å². The second kappa shape index (κ2) is 7.48. The highest BCUT2D eigenvalue weighted by Crippen LogP contribution is 2.33. The van der Waals surface area contributed by atoms with Crippen molar-refractivity contribution in [2.24, 2.45) is 0 Å². The SMILES string of the molecule is O=[N+]([O-])c1ccn([C@H]2CCCC[C@@H]2NC2CCN(S(=O)(=O)C3CC3)CC2)n1. The van der Waals surface area contributed by atoms with Gasteiger partial charge in [0, 0.05) is 25.2 Å². The van der Waals surface area contributed by atoms with Crippen molar-refractivity contribution in [1.82, 2.24) is 19.4 Å². The van der Waals surface area contributed by atoms with Crippen molar-refractivity contribution < 1.29 is 13.3 Å². The minimum Gasteiger partial charge on any atom is -0.358 e. The molecule has 9 nitrogen and oxygen atoms in total.